The summed E-state index contributed by atoms with van der Waals surface area (Å²) in [6, 6.07) is 10.8. The molecular formula is C12H10O3. The Labute approximate surface area is 86.9 Å². The molecular weight excluding hydrogens is 192 g/mol. The molecule has 3 heteroatoms. The average molecular weight is 202 g/mol. The first-order valence-electron chi connectivity index (χ1n) is 4.49. The lowest BCUT2D eigenvalue weighted by molar-refractivity contribution is 0.454. The Morgan fingerprint density at radius 2 is 1.20 bits per heavy atom. The van der Waals surface area contributed by atoms with Crippen LogP contribution in [0.25, 0.3) is 11.1 Å². The number of rotatable bonds is 1. The van der Waals surface area contributed by atoms with Crippen molar-refractivity contribution >= 4 is 0 Å². The molecule has 0 aliphatic rings. The zero-order valence-corrected chi connectivity index (χ0v) is 7.88. The van der Waals surface area contributed by atoms with Gasteiger partial charge in [0, 0.05) is 0 Å². The molecule has 0 heterocycles. The lowest BCUT2D eigenvalue weighted by Gasteiger charge is -2.06. The molecule has 2 aromatic rings. The summed E-state index contributed by atoms with van der Waals surface area (Å²) >= 11 is 0. The minimum absolute atomic E-state index is 0.0145. The van der Waals surface area contributed by atoms with Crippen molar-refractivity contribution in [2.24, 2.45) is 0 Å². The van der Waals surface area contributed by atoms with Gasteiger partial charge < -0.3 is 15.3 Å². The highest BCUT2D eigenvalue weighted by Crippen LogP contribution is 2.37. The molecule has 0 radical (unpaired) electrons. The number of benzene rings is 2. The van der Waals surface area contributed by atoms with Crippen LogP contribution in [0.3, 0.4) is 0 Å². The van der Waals surface area contributed by atoms with Crippen LogP contribution in [0.2, 0.25) is 0 Å². The second-order valence-electron chi connectivity index (χ2n) is 3.22. The van der Waals surface area contributed by atoms with Crippen molar-refractivity contribution in [3.63, 3.8) is 0 Å². The highest BCUT2D eigenvalue weighted by molar-refractivity contribution is 5.76. The normalized spacial score (nSPS) is 10.1. The summed E-state index contributed by atoms with van der Waals surface area (Å²) in [5.74, 6) is 0.176. The number of hydrogen-bond donors (Lipinski definition) is 3. The maximum atomic E-state index is 9.59. The lowest BCUT2D eigenvalue weighted by atomic mass is 10.0. The molecule has 0 atom stereocenters. The van der Waals surface area contributed by atoms with Crippen molar-refractivity contribution < 1.29 is 15.3 Å². The molecule has 0 bridgehead atoms. The van der Waals surface area contributed by atoms with Gasteiger partial charge in [0.15, 0.2) is 0 Å². The average Bonchev–Trinajstić information content (AvgIpc) is 2.20. The standard InChI is InChI=1S/C12H10O3/c13-9-6-4-8(5-7-9)12-10(14)2-1-3-11(12)15/h1-7,13-15H. The maximum Gasteiger partial charge on any atom is 0.127 e. The fourth-order valence-electron chi connectivity index (χ4n) is 1.45. The molecule has 0 spiro atoms. The van der Waals surface area contributed by atoms with Gasteiger partial charge in [0.1, 0.15) is 17.2 Å². The minimum Gasteiger partial charge on any atom is -0.508 e. The van der Waals surface area contributed by atoms with E-state index in [-0.39, 0.29) is 17.2 Å². The van der Waals surface area contributed by atoms with Gasteiger partial charge in [0.05, 0.1) is 5.56 Å². The third-order valence-electron chi connectivity index (χ3n) is 2.18. The van der Waals surface area contributed by atoms with Crippen molar-refractivity contribution in [2.45, 2.75) is 0 Å². The van der Waals surface area contributed by atoms with Gasteiger partial charge in [-0.05, 0) is 29.8 Å². The van der Waals surface area contributed by atoms with Gasteiger partial charge >= 0.3 is 0 Å². The van der Waals surface area contributed by atoms with Gasteiger partial charge in [-0.1, -0.05) is 18.2 Å². The highest BCUT2D eigenvalue weighted by atomic mass is 16.3. The molecule has 0 aromatic heterocycles. The van der Waals surface area contributed by atoms with Crippen LogP contribution in [-0.4, -0.2) is 15.3 Å². The Morgan fingerprint density at radius 3 is 1.73 bits per heavy atom. The van der Waals surface area contributed by atoms with E-state index in [1.54, 1.807) is 18.2 Å². The topological polar surface area (TPSA) is 60.7 Å². The molecule has 0 saturated carbocycles. The molecule has 2 rings (SSSR count). The molecule has 0 amide bonds. The molecule has 2 aromatic carbocycles. The third kappa shape index (κ3) is 1.72. The van der Waals surface area contributed by atoms with Gasteiger partial charge in [-0.25, -0.2) is 0 Å². The molecule has 15 heavy (non-hydrogen) atoms. The quantitative estimate of drug-likeness (QED) is 0.665. The molecule has 76 valence electrons. The largest absolute Gasteiger partial charge is 0.508 e. The van der Waals surface area contributed by atoms with E-state index in [2.05, 4.69) is 0 Å². The Kier molecular flexibility index (Phi) is 2.21. The molecule has 0 unspecified atom stereocenters. The second kappa shape index (κ2) is 3.53. The monoisotopic (exact) mass is 202 g/mol. The van der Waals surface area contributed by atoms with Gasteiger partial charge in [-0.15, -0.1) is 0 Å². The number of phenols is 3. The third-order valence-corrected chi connectivity index (χ3v) is 2.18. The Hall–Kier alpha value is -2.16. The van der Waals surface area contributed by atoms with Crippen molar-refractivity contribution in [1.29, 1.82) is 0 Å². The van der Waals surface area contributed by atoms with Crippen LogP contribution in [0.15, 0.2) is 42.5 Å². The van der Waals surface area contributed by atoms with E-state index in [0.29, 0.717) is 11.1 Å². The fourth-order valence-corrected chi connectivity index (χ4v) is 1.45. The minimum atomic E-state index is 0.0145. The van der Waals surface area contributed by atoms with Gasteiger partial charge in [0.25, 0.3) is 0 Å². The summed E-state index contributed by atoms with van der Waals surface area (Å²) in [4.78, 5) is 0. The number of hydrogen-bond acceptors (Lipinski definition) is 3. The summed E-state index contributed by atoms with van der Waals surface area (Å²) in [5, 5.41) is 28.3. The van der Waals surface area contributed by atoms with Crippen LogP contribution < -0.4 is 0 Å². The lowest BCUT2D eigenvalue weighted by Crippen LogP contribution is -1.79. The van der Waals surface area contributed by atoms with E-state index in [1.807, 2.05) is 0 Å². The van der Waals surface area contributed by atoms with E-state index < -0.39 is 0 Å². The smallest absolute Gasteiger partial charge is 0.127 e. The van der Waals surface area contributed by atoms with Crippen LogP contribution in [0.1, 0.15) is 0 Å². The molecule has 3 nitrogen and oxygen atoms in total. The SMILES string of the molecule is Oc1ccc(-c2c(O)cccc2O)cc1. The first kappa shape index (κ1) is 9.40. The summed E-state index contributed by atoms with van der Waals surface area (Å²) in [7, 11) is 0. The van der Waals surface area contributed by atoms with E-state index in [0.717, 1.165) is 0 Å². The van der Waals surface area contributed by atoms with Crippen LogP contribution in [0.4, 0.5) is 0 Å². The fraction of sp³-hybridized carbons (Fsp3) is 0. The Morgan fingerprint density at radius 1 is 0.667 bits per heavy atom. The molecule has 0 aliphatic carbocycles. The maximum absolute atomic E-state index is 9.59. The van der Waals surface area contributed by atoms with Crippen molar-refractivity contribution in [2.75, 3.05) is 0 Å². The van der Waals surface area contributed by atoms with Crippen LogP contribution in [0.5, 0.6) is 17.2 Å². The predicted molar refractivity (Wildman–Crippen MR) is 56.9 cm³/mol. The van der Waals surface area contributed by atoms with Crippen LogP contribution in [0, 0.1) is 0 Å². The van der Waals surface area contributed by atoms with Crippen LogP contribution >= 0.6 is 0 Å². The summed E-state index contributed by atoms with van der Waals surface area (Å²) in [6.45, 7) is 0. The van der Waals surface area contributed by atoms with Crippen molar-refractivity contribution in [3.8, 4) is 28.4 Å². The molecule has 0 fully saturated rings. The predicted octanol–water partition coefficient (Wildman–Crippen LogP) is 2.47. The van der Waals surface area contributed by atoms with Crippen LogP contribution in [-0.2, 0) is 0 Å². The summed E-state index contributed by atoms with van der Waals surface area (Å²) in [5.41, 5.74) is 1.03. The summed E-state index contributed by atoms with van der Waals surface area (Å²) in [6.07, 6.45) is 0. The van der Waals surface area contributed by atoms with E-state index in [4.69, 9.17) is 5.11 Å². The number of phenolic OH excluding ortho intramolecular Hbond substituents is 3. The highest BCUT2D eigenvalue weighted by Gasteiger charge is 2.08. The number of aromatic hydroxyl groups is 3. The van der Waals surface area contributed by atoms with Crippen molar-refractivity contribution in [1.82, 2.24) is 0 Å². The first-order chi connectivity index (χ1) is 7.18. The van der Waals surface area contributed by atoms with Crippen molar-refractivity contribution in [3.05, 3.63) is 42.5 Å². The summed E-state index contributed by atoms with van der Waals surface area (Å²) < 4.78 is 0. The first-order valence-corrected chi connectivity index (χ1v) is 4.49. The zero-order valence-electron chi connectivity index (χ0n) is 7.88. The Balaban J connectivity index is 2.58. The molecule has 0 saturated heterocycles. The molecule has 0 aliphatic heterocycles. The van der Waals surface area contributed by atoms with Gasteiger partial charge in [-0.3, -0.25) is 0 Å². The Bertz CT molecular complexity index is 454. The second-order valence-corrected chi connectivity index (χ2v) is 3.22. The zero-order chi connectivity index (χ0) is 10.8. The van der Waals surface area contributed by atoms with E-state index in [9.17, 15) is 10.2 Å². The van der Waals surface area contributed by atoms with E-state index >= 15 is 0 Å². The molecule has 3 N–H and O–H groups in total. The van der Waals surface area contributed by atoms with E-state index in [1.165, 1.54) is 24.3 Å². The van der Waals surface area contributed by atoms with Gasteiger partial charge in [-0.2, -0.15) is 0 Å². The van der Waals surface area contributed by atoms with Gasteiger partial charge in [0.2, 0.25) is 0 Å².